The summed E-state index contributed by atoms with van der Waals surface area (Å²) in [6.07, 6.45) is 0. The minimum Gasteiger partial charge on any atom is -0.267 e. The molecule has 0 saturated carbocycles. The normalized spacial score (nSPS) is 10.0. The number of amides is 2. The Labute approximate surface area is 148 Å². The summed E-state index contributed by atoms with van der Waals surface area (Å²) < 4.78 is 2.05. The van der Waals surface area contributed by atoms with E-state index in [2.05, 4.69) is 56.1 Å². The molecule has 5 nitrogen and oxygen atoms in total. The first-order valence-electron chi connectivity index (χ1n) is 5.84. The molecule has 0 fully saturated rings. The molecular formula is C14H10I2N2O3. The van der Waals surface area contributed by atoms with Crippen LogP contribution in [-0.2, 0) is 4.94 Å². The van der Waals surface area contributed by atoms with Gasteiger partial charge < -0.3 is 0 Å². The average molecular weight is 508 g/mol. The Balaban J connectivity index is 1.83. The second kappa shape index (κ2) is 7.71. The van der Waals surface area contributed by atoms with Gasteiger partial charge in [0.1, 0.15) is 0 Å². The lowest BCUT2D eigenvalue weighted by atomic mass is 10.2. The van der Waals surface area contributed by atoms with Gasteiger partial charge in [-0.2, -0.15) is 4.94 Å². The Morgan fingerprint density at radius 1 is 0.714 bits per heavy atom. The van der Waals surface area contributed by atoms with Crippen molar-refractivity contribution in [1.29, 1.82) is 0 Å². The van der Waals surface area contributed by atoms with Crippen molar-refractivity contribution in [2.75, 3.05) is 0 Å². The average Bonchev–Trinajstić information content (AvgIpc) is 2.48. The highest BCUT2D eigenvalue weighted by Gasteiger charge is 2.08. The summed E-state index contributed by atoms with van der Waals surface area (Å²) in [5.41, 5.74) is 5.20. The fourth-order valence-electron chi connectivity index (χ4n) is 1.44. The molecule has 0 aliphatic rings. The quantitative estimate of drug-likeness (QED) is 0.494. The minimum absolute atomic E-state index is 0.436. The lowest BCUT2D eigenvalue weighted by Crippen LogP contribution is -2.34. The van der Waals surface area contributed by atoms with E-state index in [1.54, 1.807) is 48.5 Å². The van der Waals surface area contributed by atoms with Gasteiger partial charge in [0.15, 0.2) is 0 Å². The molecule has 7 heteroatoms. The number of hydrogen-bond donors (Lipinski definition) is 2. The first-order valence-corrected chi connectivity index (χ1v) is 7.99. The maximum Gasteiger partial charge on any atom is 0.276 e. The molecule has 2 aromatic carbocycles. The maximum atomic E-state index is 11.7. The van der Waals surface area contributed by atoms with E-state index < -0.39 is 11.8 Å². The lowest BCUT2D eigenvalue weighted by molar-refractivity contribution is -0.0184. The molecule has 0 aromatic heterocycles. The molecule has 108 valence electrons. The van der Waals surface area contributed by atoms with Crippen LogP contribution in [0.4, 0.5) is 0 Å². The highest BCUT2D eigenvalue weighted by Crippen LogP contribution is 2.07. The van der Waals surface area contributed by atoms with Gasteiger partial charge in [-0.15, -0.1) is 0 Å². The van der Waals surface area contributed by atoms with Gasteiger partial charge in [0.25, 0.3) is 11.8 Å². The van der Waals surface area contributed by atoms with E-state index in [0.717, 1.165) is 7.14 Å². The number of hydroxylamine groups is 2. The second-order valence-corrected chi connectivity index (χ2v) is 6.47. The molecule has 2 N–H and O–H groups in total. The molecule has 2 rings (SSSR count). The fourth-order valence-corrected chi connectivity index (χ4v) is 2.16. The van der Waals surface area contributed by atoms with Crippen LogP contribution >= 0.6 is 45.2 Å². The molecule has 2 aromatic rings. The van der Waals surface area contributed by atoms with Crippen LogP contribution in [-0.4, -0.2) is 11.8 Å². The van der Waals surface area contributed by atoms with Crippen LogP contribution in [0.1, 0.15) is 20.7 Å². The van der Waals surface area contributed by atoms with Crippen molar-refractivity contribution in [3.05, 3.63) is 66.8 Å². The zero-order valence-electron chi connectivity index (χ0n) is 10.6. The number of nitrogens with one attached hydrogen (secondary N) is 2. The van der Waals surface area contributed by atoms with Crippen molar-refractivity contribution in [3.63, 3.8) is 0 Å². The minimum atomic E-state index is -0.436. The Kier molecular flexibility index (Phi) is 5.94. The fraction of sp³-hybridized carbons (Fsp3) is 0. The zero-order chi connectivity index (χ0) is 15.2. The number of hydrogen-bond acceptors (Lipinski definition) is 3. The number of carbonyl (C=O) groups excluding carboxylic acids is 2. The molecule has 0 aliphatic carbocycles. The van der Waals surface area contributed by atoms with E-state index in [1.165, 1.54) is 0 Å². The third kappa shape index (κ3) is 4.93. The monoisotopic (exact) mass is 508 g/mol. The van der Waals surface area contributed by atoms with Crippen LogP contribution in [0.3, 0.4) is 0 Å². The Morgan fingerprint density at radius 3 is 1.38 bits per heavy atom. The first kappa shape index (κ1) is 16.2. The first-order chi connectivity index (χ1) is 10.1. The smallest absolute Gasteiger partial charge is 0.267 e. The molecule has 0 heterocycles. The van der Waals surface area contributed by atoms with Gasteiger partial charge in [-0.25, -0.2) is 11.0 Å². The molecule has 0 unspecified atom stereocenters. The summed E-state index contributed by atoms with van der Waals surface area (Å²) in [6.45, 7) is 0. The highest BCUT2D eigenvalue weighted by atomic mass is 127. The van der Waals surface area contributed by atoms with E-state index in [0.29, 0.717) is 11.1 Å². The van der Waals surface area contributed by atoms with Crippen LogP contribution in [0.15, 0.2) is 48.5 Å². The van der Waals surface area contributed by atoms with Crippen LogP contribution in [0.25, 0.3) is 0 Å². The summed E-state index contributed by atoms with van der Waals surface area (Å²) in [5, 5.41) is 0. The molecule has 2 amide bonds. The molecule has 0 radical (unpaired) electrons. The van der Waals surface area contributed by atoms with Crippen LogP contribution in [0.2, 0.25) is 0 Å². The van der Waals surface area contributed by atoms with Crippen molar-refractivity contribution in [2.24, 2.45) is 0 Å². The third-order valence-electron chi connectivity index (χ3n) is 2.50. The molecule has 0 atom stereocenters. The Hall–Kier alpha value is -1.20. The standard InChI is InChI=1S/C14H10I2N2O3/c15-11-5-1-9(2-6-11)13(19)17-21-18-14(20)10-3-7-12(16)8-4-10/h1-8H,(H,17,19)(H,18,20). The van der Waals surface area contributed by atoms with Crippen molar-refractivity contribution in [3.8, 4) is 0 Å². The van der Waals surface area contributed by atoms with Crippen LogP contribution in [0.5, 0.6) is 0 Å². The van der Waals surface area contributed by atoms with Crippen molar-refractivity contribution >= 4 is 57.0 Å². The molecule has 0 bridgehead atoms. The van der Waals surface area contributed by atoms with Gasteiger partial charge in [0, 0.05) is 18.3 Å². The van der Waals surface area contributed by atoms with Gasteiger partial charge in [-0.1, -0.05) is 0 Å². The molecule has 0 spiro atoms. The summed E-state index contributed by atoms with van der Waals surface area (Å²) in [5.74, 6) is -0.872. The van der Waals surface area contributed by atoms with Crippen molar-refractivity contribution in [2.45, 2.75) is 0 Å². The largest absolute Gasteiger partial charge is 0.276 e. The van der Waals surface area contributed by atoms with E-state index in [1.807, 2.05) is 0 Å². The van der Waals surface area contributed by atoms with Gasteiger partial charge in [-0.05, 0) is 93.7 Å². The Morgan fingerprint density at radius 2 is 1.05 bits per heavy atom. The third-order valence-corrected chi connectivity index (χ3v) is 3.94. The number of rotatable bonds is 4. The van der Waals surface area contributed by atoms with Gasteiger partial charge in [0.05, 0.1) is 0 Å². The van der Waals surface area contributed by atoms with Crippen LogP contribution < -0.4 is 11.0 Å². The summed E-state index contributed by atoms with van der Waals surface area (Å²) in [4.78, 5) is 28.2. The summed E-state index contributed by atoms with van der Waals surface area (Å²) >= 11 is 4.29. The van der Waals surface area contributed by atoms with E-state index in [4.69, 9.17) is 4.94 Å². The summed E-state index contributed by atoms with van der Waals surface area (Å²) in [7, 11) is 0. The number of benzene rings is 2. The van der Waals surface area contributed by atoms with Crippen molar-refractivity contribution in [1.82, 2.24) is 11.0 Å². The lowest BCUT2D eigenvalue weighted by Gasteiger charge is -2.07. The number of carbonyl (C=O) groups is 2. The molecule has 21 heavy (non-hydrogen) atoms. The van der Waals surface area contributed by atoms with Crippen molar-refractivity contribution < 1.29 is 14.5 Å². The number of halogens is 2. The maximum absolute atomic E-state index is 11.7. The van der Waals surface area contributed by atoms with Gasteiger partial charge in [0.2, 0.25) is 0 Å². The SMILES string of the molecule is O=C(NONC(=O)c1ccc(I)cc1)c1ccc(I)cc1. The zero-order valence-corrected chi connectivity index (χ0v) is 14.9. The van der Waals surface area contributed by atoms with Gasteiger partial charge in [-0.3, -0.25) is 9.59 Å². The van der Waals surface area contributed by atoms with Gasteiger partial charge >= 0.3 is 0 Å². The van der Waals surface area contributed by atoms with E-state index in [-0.39, 0.29) is 0 Å². The molecule has 0 aliphatic heterocycles. The molecular weight excluding hydrogens is 498 g/mol. The molecule has 0 saturated heterocycles. The second-order valence-electron chi connectivity index (χ2n) is 3.98. The highest BCUT2D eigenvalue weighted by molar-refractivity contribution is 14.1. The van der Waals surface area contributed by atoms with E-state index in [9.17, 15) is 9.59 Å². The van der Waals surface area contributed by atoms with E-state index >= 15 is 0 Å². The topological polar surface area (TPSA) is 67.4 Å². The summed E-state index contributed by atoms with van der Waals surface area (Å²) in [6, 6.07) is 13.9. The Bertz CT molecular complexity index is 585. The predicted molar refractivity (Wildman–Crippen MR) is 94.3 cm³/mol. The van der Waals surface area contributed by atoms with Crippen LogP contribution in [0, 0.1) is 7.14 Å². The predicted octanol–water partition coefficient (Wildman–Crippen LogP) is 2.90.